The number of hydrogen-bond acceptors (Lipinski definition) is 5. The van der Waals surface area contributed by atoms with Crippen molar-refractivity contribution in [3.05, 3.63) is 42.4 Å². The molecule has 3 rings (SSSR count). The van der Waals surface area contributed by atoms with E-state index in [1.165, 1.54) is 0 Å². The number of oxazole rings is 1. The summed E-state index contributed by atoms with van der Waals surface area (Å²) in [6.45, 7) is 5.26. The molecule has 6 nitrogen and oxygen atoms in total. The topological polar surface area (TPSA) is 58.8 Å². The average molecular weight is 329 g/mol. The van der Waals surface area contributed by atoms with Crippen LogP contribution in [0, 0.1) is 0 Å². The summed E-state index contributed by atoms with van der Waals surface area (Å²) in [7, 11) is 1.54. The van der Waals surface area contributed by atoms with E-state index in [9.17, 15) is 4.79 Å². The van der Waals surface area contributed by atoms with Crippen molar-refractivity contribution < 1.29 is 13.9 Å². The summed E-state index contributed by atoms with van der Waals surface area (Å²) < 4.78 is 10.9. The Hall–Kier alpha value is -2.18. The van der Waals surface area contributed by atoms with Crippen LogP contribution in [-0.2, 0) is 9.53 Å². The molecule has 2 aromatic rings. The lowest BCUT2D eigenvalue weighted by Crippen LogP contribution is -2.50. The monoisotopic (exact) mass is 329 g/mol. The number of rotatable bonds is 5. The number of aromatic nitrogens is 1. The SMILES string of the molecule is COCC(=O)N1CCN(C(C)c2ncc(-c3ccccc3)o2)CC1. The lowest BCUT2D eigenvalue weighted by atomic mass is 10.2. The summed E-state index contributed by atoms with van der Waals surface area (Å²) in [5, 5.41) is 0. The summed E-state index contributed by atoms with van der Waals surface area (Å²) >= 11 is 0. The Morgan fingerprint density at radius 1 is 1.25 bits per heavy atom. The Bertz CT molecular complexity index is 663. The minimum Gasteiger partial charge on any atom is -0.439 e. The van der Waals surface area contributed by atoms with Crippen LogP contribution in [0.25, 0.3) is 11.3 Å². The smallest absolute Gasteiger partial charge is 0.248 e. The van der Waals surface area contributed by atoms with E-state index in [1.54, 1.807) is 13.3 Å². The van der Waals surface area contributed by atoms with Gasteiger partial charge in [-0.3, -0.25) is 9.69 Å². The molecule has 1 aliphatic heterocycles. The standard InChI is InChI=1S/C18H23N3O3/c1-14(20-8-10-21(11-9-20)17(22)13-23-2)18-19-12-16(24-18)15-6-4-3-5-7-15/h3-7,12,14H,8-11,13H2,1-2H3. The number of amides is 1. The van der Waals surface area contributed by atoms with Gasteiger partial charge in [0.05, 0.1) is 12.2 Å². The zero-order valence-corrected chi connectivity index (χ0v) is 14.1. The van der Waals surface area contributed by atoms with Gasteiger partial charge in [-0.1, -0.05) is 30.3 Å². The van der Waals surface area contributed by atoms with Crippen LogP contribution in [0.5, 0.6) is 0 Å². The predicted molar refractivity (Wildman–Crippen MR) is 90.4 cm³/mol. The van der Waals surface area contributed by atoms with Crippen molar-refractivity contribution in [1.82, 2.24) is 14.8 Å². The normalized spacial score (nSPS) is 17.0. The maximum Gasteiger partial charge on any atom is 0.248 e. The lowest BCUT2D eigenvalue weighted by Gasteiger charge is -2.36. The van der Waals surface area contributed by atoms with Crippen LogP contribution in [0.1, 0.15) is 18.9 Å². The van der Waals surface area contributed by atoms with Gasteiger partial charge in [0, 0.05) is 38.9 Å². The predicted octanol–water partition coefficient (Wildman–Crippen LogP) is 2.19. The molecule has 0 N–H and O–H groups in total. The number of methoxy groups -OCH3 is 1. The van der Waals surface area contributed by atoms with Crippen molar-refractivity contribution >= 4 is 5.91 Å². The Kier molecular flexibility index (Phi) is 5.27. The second-order valence-electron chi connectivity index (χ2n) is 5.95. The van der Waals surface area contributed by atoms with Crippen LogP contribution in [-0.4, -0.2) is 60.6 Å². The minimum atomic E-state index is 0.0484. The average Bonchev–Trinajstić information content (AvgIpc) is 3.12. The zero-order valence-electron chi connectivity index (χ0n) is 14.1. The first kappa shape index (κ1) is 16.7. The van der Waals surface area contributed by atoms with E-state index in [-0.39, 0.29) is 18.6 Å². The Balaban J connectivity index is 1.61. The molecule has 0 spiro atoms. The highest BCUT2D eigenvalue weighted by molar-refractivity contribution is 5.77. The second kappa shape index (κ2) is 7.59. The molecule has 1 aliphatic rings. The fourth-order valence-electron chi connectivity index (χ4n) is 2.95. The molecule has 1 amide bonds. The molecule has 2 heterocycles. The number of benzene rings is 1. The van der Waals surface area contributed by atoms with Crippen LogP contribution in [0.15, 0.2) is 40.9 Å². The number of carbonyl (C=O) groups excluding carboxylic acids is 1. The molecule has 1 aromatic carbocycles. The van der Waals surface area contributed by atoms with Crippen molar-refractivity contribution in [3.63, 3.8) is 0 Å². The maximum atomic E-state index is 11.9. The molecule has 1 fully saturated rings. The van der Waals surface area contributed by atoms with Crippen LogP contribution in [0.4, 0.5) is 0 Å². The molecule has 24 heavy (non-hydrogen) atoms. The van der Waals surface area contributed by atoms with Gasteiger partial charge in [0.15, 0.2) is 5.76 Å². The largest absolute Gasteiger partial charge is 0.439 e. The molecule has 0 radical (unpaired) electrons. The number of piperazine rings is 1. The first-order valence-corrected chi connectivity index (χ1v) is 8.21. The maximum absolute atomic E-state index is 11.9. The second-order valence-corrected chi connectivity index (χ2v) is 5.95. The molecule has 1 aromatic heterocycles. The van der Waals surface area contributed by atoms with Crippen molar-refractivity contribution in [1.29, 1.82) is 0 Å². The van der Waals surface area contributed by atoms with E-state index in [2.05, 4.69) is 16.8 Å². The van der Waals surface area contributed by atoms with Gasteiger partial charge in [0.1, 0.15) is 6.61 Å². The van der Waals surface area contributed by atoms with Gasteiger partial charge in [0.2, 0.25) is 11.8 Å². The fourth-order valence-corrected chi connectivity index (χ4v) is 2.95. The highest BCUT2D eigenvalue weighted by Gasteiger charge is 2.27. The quantitative estimate of drug-likeness (QED) is 0.841. The third kappa shape index (κ3) is 3.66. The lowest BCUT2D eigenvalue weighted by molar-refractivity contribution is -0.137. The van der Waals surface area contributed by atoms with Gasteiger partial charge in [-0.15, -0.1) is 0 Å². The van der Waals surface area contributed by atoms with Crippen molar-refractivity contribution in [2.45, 2.75) is 13.0 Å². The van der Waals surface area contributed by atoms with E-state index < -0.39 is 0 Å². The van der Waals surface area contributed by atoms with E-state index in [0.717, 1.165) is 24.4 Å². The Morgan fingerprint density at radius 3 is 2.62 bits per heavy atom. The molecular weight excluding hydrogens is 306 g/mol. The van der Waals surface area contributed by atoms with Gasteiger partial charge in [-0.25, -0.2) is 4.98 Å². The molecule has 0 aliphatic carbocycles. The van der Waals surface area contributed by atoms with Crippen molar-refractivity contribution in [2.24, 2.45) is 0 Å². The molecule has 0 saturated carbocycles. The number of hydrogen-bond donors (Lipinski definition) is 0. The van der Waals surface area contributed by atoms with E-state index in [0.29, 0.717) is 19.0 Å². The van der Waals surface area contributed by atoms with Gasteiger partial charge in [0.25, 0.3) is 0 Å². The summed E-state index contributed by atoms with van der Waals surface area (Å²) in [4.78, 5) is 20.4. The molecule has 6 heteroatoms. The van der Waals surface area contributed by atoms with Crippen LogP contribution >= 0.6 is 0 Å². The van der Waals surface area contributed by atoms with E-state index in [4.69, 9.17) is 9.15 Å². The minimum absolute atomic E-state index is 0.0484. The number of ether oxygens (including phenoxy) is 1. The van der Waals surface area contributed by atoms with E-state index in [1.807, 2.05) is 35.2 Å². The zero-order chi connectivity index (χ0) is 16.9. The molecule has 128 valence electrons. The summed E-state index contributed by atoms with van der Waals surface area (Å²) in [5.41, 5.74) is 1.03. The van der Waals surface area contributed by atoms with Gasteiger partial charge in [-0.2, -0.15) is 0 Å². The summed E-state index contributed by atoms with van der Waals surface area (Å²) in [6, 6.07) is 10.1. The summed E-state index contributed by atoms with van der Waals surface area (Å²) in [6.07, 6.45) is 1.78. The number of nitrogens with zero attached hydrogens (tertiary/aromatic N) is 3. The van der Waals surface area contributed by atoms with Gasteiger partial charge < -0.3 is 14.1 Å². The van der Waals surface area contributed by atoms with Crippen molar-refractivity contribution in [3.8, 4) is 11.3 Å². The summed E-state index contributed by atoms with van der Waals surface area (Å²) in [5.74, 6) is 1.55. The third-order valence-electron chi connectivity index (χ3n) is 4.42. The first-order chi connectivity index (χ1) is 11.7. The highest BCUT2D eigenvalue weighted by atomic mass is 16.5. The fraction of sp³-hybridized carbons (Fsp3) is 0.444. The van der Waals surface area contributed by atoms with Crippen LogP contribution in [0.2, 0.25) is 0 Å². The van der Waals surface area contributed by atoms with Gasteiger partial charge in [-0.05, 0) is 6.92 Å². The first-order valence-electron chi connectivity index (χ1n) is 8.21. The van der Waals surface area contributed by atoms with E-state index >= 15 is 0 Å². The third-order valence-corrected chi connectivity index (χ3v) is 4.42. The van der Waals surface area contributed by atoms with Gasteiger partial charge >= 0.3 is 0 Å². The van der Waals surface area contributed by atoms with Crippen LogP contribution in [0.3, 0.4) is 0 Å². The number of carbonyl (C=O) groups is 1. The molecule has 0 bridgehead atoms. The highest BCUT2D eigenvalue weighted by Crippen LogP contribution is 2.26. The Morgan fingerprint density at radius 2 is 1.96 bits per heavy atom. The Labute approximate surface area is 142 Å². The molecule has 1 atom stereocenters. The van der Waals surface area contributed by atoms with Crippen LogP contribution < -0.4 is 0 Å². The van der Waals surface area contributed by atoms with Crippen molar-refractivity contribution in [2.75, 3.05) is 39.9 Å². The molecule has 1 unspecified atom stereocenters. The molecule has 1 saturated heterocycles. The molecular formula is C18H23N3O3.